The molecule has 2 fully saturated rings. The number of amides is 1. The van der Waals surface area contributed by atoms with Crippen molar-refractivity contribution in [3.63, 3.8) is 0 Å². The van der Waals surface area contributed by atoms with Crippen molar-refractivity contribution < 1.29 is 14.7 Å². The van der Waals surface area contributed by atoms with Crippen LogP contribution < -0.4 is 0 Å². The van der Waals surface area contributed by atoms with Gasteiger partial charge in [-0.05, 0) is 45.8 Å². The molecule has 0 aromatic rings. The second-order valence-corrected chi connectivity index (χ2v) is 6.51. The Balaban J connectivity index is 1.95. The van der Waals surface area contributed by atoms with Gasteiger partial charge >= 0.3 is 5.97 Å². The second-order valence-electron chi connectivity index (χ2n) is 6.51. The molecule has 1 saturated carbocycles. The van der Waals surface area contributed by atoms with E-state index in [0.717, 1.165) is 38.8 Å². The first-order valence-corrected chi connectivity index (χ1v) is 7.62. The topological polar surface area (TPSA) is 60.9 Å². The molecule has 0 atom stereocenters. The van der Waals surface area contributed by atoms with Crippen LogP contribution in [-0.2, 0) is 9.59 Å². The Labute approximate surface area is 120 Å². The molecule has 5 nitrogen and oxygen atoms in total. The van der Waals surface area contributed by atoms with Crippen molar-refractivity contribution >= 4 is 11.9 Å². The summed E-state index contributed by atoms with van der Waals surface area (Å²) in [6.07, 6.45) is 5.29. The fourth-order valence-corrected chi connectivity index (χ4v) is 3.52. The van der Waals surface area contributed by atoms with Crippen LogP contribution in [0.25, 0.3) is 0 Å². The molecule has 1 amide bonds. The maximum Gasteiger partial charge on any atom is 0.310 e. The van der Waals surface area contributed by atoms with Gasteiger partial charge in [0, 0.05) is 19.5 Å². The molecule has 1 aliphatic carbocycles. The molecule has 0 spiro atoms. The highest BCUT2D eigenvalue weighted by Gasteiger charge is 2.44. The van der Waals surface area contributed by atoms with Gasteiger partial charge in [0.25, 0.3) is 0 Å². The molecule has 0 bridgehead atoms. The van der Waals surface area contributed by atoms with E-state index in [9.17, 15) is 14.7 Å². The van der Waals surface area contributed by atoms with Crippen molar-refractivity contribution in [2.45, 2.75) is 51.0 Å². The fourth-order valence-electron chi connectivity index (χ4n) is 3.52. The molecule has 1 N–H and O–H groups in total. The maximum atomic E-state index is 12.4. The summed E-state index contributed by atoms with van der Waals surface area (Å²) in [6.45, 7) is 2.01. The Morgan fingerprint density at radius 1 is 1.25 bits per heavy atom. The molecule has 2 rings (SSSR count). The number of hydrogen-bond acceptors (Lipinski definition) is 3. The lowest BCUT2D eigenvalue weighted by atomic mass is 9.82. The van der Waals surface area contributed by atoms with Gasteiger partial charge in [-0.1, -0.05) is 12.8 Å². The van der Waals surface area contributed by atoms with E-state index in [4.69, 9.17) is 0 Å². The molecule has 1 heterocycles. The van der Waals surface area contributed by atoms with E-state index in [2.05, 4.69) is 11.9 Å². The van der Waals surface area contributed by atoms with Crippen molar-refractivity contribution in [1.29, 1.82) is 0 Å². The summed E-state index contributed by atoms with van der Waals surface area (Å²) >= 11 is 0. The lowest BCUT2D eigenvalue weighted by Crippen LogP contribution is -2.46. The average Bonchev–Trinajstić information content (AvgIpc) is 2.88. The van der Waals surface area contributed by atoms with Crippen LogP contribution >= 0.6 is 0 Å². The Bertz CT molecular complexity index is 369. The smallest absolute Gasteiger partial charge is 0.310 e. The molecule has 0 unspecified atom stereocenters. The summed E-state index contributed by atoms with van der Waals surface area (Å²) in [5.74, 6) is -0.788. The number of likely N-dealkylation sites (tertiary alicyclic amines) is 1. The molecule has 0 aromatic carbocycles. The zero-order valence-electron chi connectivity index (χ0n) is 12.6. The Morgan fingerprint density at radius 3 is 2.30 bits per heavy atom. The number of nitrogens with zero attached hydrogens (tertiary/aromatic N) is 2. The summed E-state index contributed by atoms with van der Waals surface area (Å²) in [5, 5.41) is 9.46. The van der Waals surface area contributed by atoms with Crippen LogP contribution in [0.1, 0.15) is 44.9 Å². The van der Waals surface area contributed by atoms with E-state index in [1.54, 1.807) is 4.90 Å². The average molecular weight is 282 g/mol. The molecule has 5 heteroatoms. The third-order valence-electron chi connectivity index (χ3n) is 5.13. The second kappa shape index (κ2) is 6.12. The number of piperidine rings is 1. The van der Waals surface area contributed by atoms with Crippen molar-refractivity contribution in [3.8, 4) is 0 Å². The van der Waals surface area contributed by atoms with Crippen LogP contribution in [0.5, 0.6) is 0 Å². The Morgan fingerprint density at radius 2 is 1.80 bits per heavy atom. The number of carboxylic acid groups (broad SMARTS) is 1. The van der Waals surface area contributed by atoms with Gasteiger partial charge in [-0.25, -0.2) is 0 Å². The van der Waals surface area contributed by atoms with Gasteiger partial charge in [0.1, 0.15) is 0 Å². The van der Waals surface area contributed by atoms with Gasteiger partial charge < -0.3 is 14.9 Å². The largest absolute Gasteiger partial charge is 0.481 e. The zero-order chi connectivity index (χ0) is 14.8. The van der Waals surface area contributed by atoms with E-state index < -0.39 is 11.4 Å². The standard InChI is InChI=1S/C15H26N2O3/c1-16-9-5-12(6-10-16)17(2)13(18)11-15(14(19)20)7-3-4-8-15/h12H,3-11H2,1-2H3,(H,19,20). The van der Waals surface area contributed by atoms with Gasteiger partial charge in [-0.3, -0.25) is 9.59 Å². The van der Waals surface area contributed by atoms with E-state index in [1.807, 2.05) is 7.05 Å². The molecule has 114 valence electrons. The molecule has 0 aromatic heterocycles. The number of aliphatic carboxylic acids is 1. The summed E-state index contributed by atoms with van der Waals surface area (Å²) in [4.78, 5) is 28.0. The van der Waals surface area contributed by atoms with Crippen LogP contribution in [0.15, 0.2) is 0 Å². The molecular weight excluding hydrogens is 256 g/mol. The highest BCUT2D eigenvalue weighted by molar-refractivity contribution is 5.85. The highest BCUT2D eigenvalue weighted by Crippen LogP contribution is 2.41. The molecule has 1 saturated heterocycles. The first-order chi connectivity index (χ1) is 9.44. The Kier molecular flexibility index (Phi) is 4.68. The van der Waals surface area contributed by atoms with Gasteiger partial charge in [0.2, 0.25) is 5.91 Å². The van der Waals surface area contributed by atoms with Crippen molar-refractivity contribution in [2.75, 3.05) is 27.2 Å². The SMILES string of the molecule is CN1CCC(N(C)C(=O)CC2(C(=O)O)CCCC2)CC1. The van der Waals surface area contributed by atoms with Crippen LogP contribution in [0.2, 0.25) is 0 Å². The van der Waals surface area contributed by atoms with E-state index >= 15 is 0 Å². The number of carboxylic acids is 1. The zero-order valence-corrected chi connectivity index (χ0v) is 12.6. The third kappa shape index (κ3) is 3.14. The summed E-state index contributed by atoms with van der Waals surface area (Å²) in [5.41, 5.74) is -0.795. The normalized spacial score (nSPS) is 23.7. The summed E-state index contributed by atoms with van der Waals surface area (Å²) in [6, 6.07) is 0.269. The number of hydrogen-bond donors (Lipinski definition) is 1. The van der Waals surface area contributed by atoms with Crippen LogP contribution in [0.4, 0.5) is 0 Å². The third-order valence-corrected chi connectivity index (χ3v) is 5.13. The van der Waals surface area contributed by atoms with E-state index in [-0.39, 0.29) is 18.4 Å². The monoisotopic (exact) mass is 282 g/mol. The minimum atomic E-state index is -0.795. The summed E-state index contributed by atoms with van der Waals surface area (Å²) < 4.78 is 0. The molecule has 1 aliphatic heterocycles. The Hall–Kier alpha value is -1.10. The van der Waals surface area contributed by atoms with Crippen molar-refractivity contribution in [1.82, 2.24) is 9.80 Å². The summed E-state index contributed by atoms with van der Waals surface area (Å²) in [7, 11) is 3.93. The molecule has 2 aliphatic rings. The quantitative estimate of drug-likeness (QED) is 0.850. The predicted octanol–water partition coefficient (Wildman–Crippen LogP) is 1.57. The number of carbonyl (C=O) groups excluding carboxylic acids is 1. The van der Waals surface area contributed by atoms with Crippen LogP contribution in [0, 0.1) is 5.41 Å². The highest BCUT2D eigenvalue weighted by atomic mass is 16.4. The lowest BCUT2D eigenvalue weighted by Gasteiger charge is -2.36. The number of carbonyl (C=O) groups is 2. The van der Waals surface area contributed by atoms with Gasteiger partial charge in [-0.2, -0.15) is 0 Å². The maximum absolute atomic E-state index is 12.4. The van der Waals surface area contributed by atoms with Crippen molar-refractivity contribution in [3.05, 3.63) is 0 Å². The van der Waals surface area contributed by atoms with Gasteiger partial charge in [0.05, 0.1) is 5.41 Å². The number of rotatable bonds is 4. The molecular formula is C15H26N2O3. The minimum Gasteiger partial charge on any atom is -0.481 e. The first-order valence-electron chi connectivity index (χ1n) is 7.62. The van der Waals surface area contributed by atoms with Gasteiger partial charge in [0.15, 0.2) is 0 Å². The van der Waals surface area contributed by atoms with E-state index in [0.29, 0.717) is 12.8 Å². The van der Waals surface area contributed by atoms with Crippen molar-refractivity contribution in [2.24, 2.45) is 5.41 Å². The lowest BCUT2D eigenvalue weighted by molar-refractivity contribution is -0.153. The predicted molar refractivity (Wildman–Crippen MR) is 76.4 cm³/mol. The minimum absolute atomic E-state index is 0.00357. The van der Waals surface area contributed by atoms with Crippen LogP contribution in [-0.4, -0.2) is 60.0 Å². The first kappa shape index (κ1) is 15.3. The molecule has 0 radical (unpaired) electrons. The van der Waals surface area contributed by atoms with Crippen LogP contribution in [0.3, 0.4) is 0 Å². The van der Waals surface area contributed by atoms with Gasteiger partial charge in [-0.15, -0.1) is 0 Å². The fraction of sp³-hybridized carbons (Fsp3) is 0.867. The molecule has 20 heavy (non-hydrogen) atoms. The van der Waals surface area contributed by atoms with E-state index in [1.165, 1.54) is 0 Å².